The summed E-state index contributed by atoms with van der Waals surface area (Å²) in [6.45, 7) is 6.04. The van der Waals surface area contributed by atoms with Gasteiger partial charge in [0.1, 0.15) is 11.8 Å². The Kier molecular flexibility index (Phi) is 9.51. The van der Waals surface area contributed by atoms with Crippen LogP contribution in [0, 0.1) is 10.5 Å². The minimum Gasteiger partial charge on any atom is -0.484 e. The van der Waals surface area contributed by atoms with Crippen LogP contribution in [-0.2, 0) is 22.6 Å². The predicted octanol–water partition coefficient (Wildman–Crippen LogP) is 5.14. The molecular formula is C28H31IN2O3. The number of carbonyl (C=O) groups is 2. The van der Waals surface area contributed by atoms with E-state index in [0.29, 0.717) is 18.7 Å². The van der Waals surface area contributed by atoms with Gasteiger partial charge in [-0.25, -0.2) is 0 Å². The SMILES string of the molecule is Cc1ccc(CN(C(=O)COc2ccc(I)cc2)C(Cc2ccccc2)C(=O)NC(C)C)cc1. The van der Waals surface area contributed by atoms with Crippen LogP contribution in [-0.4, -0.2) is 35.4 Å². The molecule has 0 aliphatic heterocycles. The van der Waals surface area contributed by atoms with Crippen molar-refractivity contribution in [1.29, 1.82) is 0 Å². The van der Waals surface area contributed by atoms with Crippen LogP contribution in [0.4, 0.5) is 0 Å². The third-order valence-electron chi connectivity index (χ3n) is 5.35. The van der Waals surface area contributed by atoms with Crippen molar-refractivity contribution < 1.29 is 14.3 Å². The first-order valence-electron chi connectivity index (χ1n) is 11.4. The van der Waals surface area contributed by atoms with Crippen LogP contribution < -0.4 is 10.1 Å². The molecule has 3 aromatic rings. The molecule has 0 saturated heterocycles. The maximum atomic E-state index is 13.5. The van der Waals surface area contributed by atoms with Crippen LogP contribution in [0.25, 0.3) is 0 Å². The molecule has 1 atom stereocenters. The summed E-state index contributed by atoms with van der Waals surface area (Å²) < 4.78 is 6.88. The second kappa shape index (κ2) is 12.6. The van der Waals surface area contributed by atoms with Crippen molar-refractivity contribution in [2.45, 2.75) is 45.8 Å². The van der Waals surface area contributed by atoms with Gasteiger partial charge in [0.15, 0.2) is 6.61 Å². The van der Waals surface area contributed by atoms with Gasteiger partial charge in [0, 0.05) is 22.6 Å². The molecule has 34 heavy (non-hydrogen) atoms. The fourth-order valence-corrected chi connectivity index (χ4v) is 3.94. The maximum Gasteiger partial charge on any atom is 0.261 e. The van der Waals surface area contributed by atoms with E-state index in [-0.39, 0.29) is 24.5 Å². The molecule has 0 aliphatic rings. The van der Waals surface area contributed by atoms with Crippen molar-refractivity contribution in [2.75, 3.05) is 6.61 Å². The first-order chi connectivity index (χ1) is 16.3. The van der Waals surface area contributed by atoms with Crippen molar-refractivity contribution >= 4 is 34.4 Å². The Balaban J connectivity index is 1.89. The average Bonchev–Trinajstić information content (AvgIpc) is 2.82. The van der Waals surface area contributed by atoms with Gasteiger partial charge < -0.3 is 15.0 Å². The standard InChI is InChI=1S/C28H31IN2O3/c1-20(2)30-28(33)26(17-22-7-5-4-6-8-22)31(18-23-11-9-21(3)10-12-23)27(32)19-34-25-15-13-24(29)14-16-25/h4-16,20,26H,17-19H2,1-3H3,(H,30,33). The lowest BCUT2D eigenvalue weighted by atomic mass is 10.0. The molecule has 2 amide bonds. The summed E-state index contributed by atoms with van der Waals surface area (Å²) >= 11 is 2.22. The molecule has 0 aliphatic carbocycles. The Bertz CT molecular complexity index is 1070. The van der Waals surface area contributed by atoms with Gasteiger partial charge in [-0.1, -0.05) is 60.2 Å². The van der Waals surface area contributed by atoms with Crippen molar-refractivity contribution in [3.63, 3.8) is 0 Å². The van der Waals surface area contributed by atoms with E-state index in [1.807, 2.05) is 99.6 Å². The molecule has 5 nitrogen and oxygen atoms in total. The molecule has 0 aromatic heterocycles. The van der Waals surface area contributed by atoms with Crippen molar-refractivity contribution in [3.8, 4) is 5.75 Å². The summed E-state index contributed by atoms with van der Waals surface area (Å²) in [6.07, 6.45) is 0.417. The summed E-state index contributed by atoms with van der Waals surface area (Å²) in [5, 5.41) is 3.00. The van der Waals surface area contributed by atoms with E-state index in [4.69, 9.17) is 4.74 Å². The summed E-state index contributed by atoms with van der Waals surface area (Å²) in [4.78, 5) is 28.5. The predicted molar refractivity (Wildman–Crippen MR) is 144 cm³/mol. The second-order valence-corrected chi connectivity index (χ2v) is 9.86. The van der Waals surface area contributed by atoms with Gasteiger partial charge in [0.05, 0.1) is 0 Å². The second-order valence-electron chi connectivity index (χ2n) is 8.62. The Morgan fingerprint density at radius 1 is 0.912 bits per heavy atom. The molecule has 0 radical (unpaired) electrons. The van der Waals surface area contributed by atoms with E-state index in [1.165, 1.54) is 0 Å². The van der Waals surface area contributed by atoms with Gasteiger partial charge in [0.25, 0.3) is 5.91 Å². The zero-order chi connectivity index (χ0) is 24.5. The van der Waals surface area contributed by atoms with Crippen LogP contribution in [0.5, 0.6) is 5.75 Å². The number of benzene rings is 3. The van der Waals surface area contributed by atoms with Gasteiger partial charge in [-0.05, 0) is 78.8 Å². The van der Waals surface area contributed by atoms with E-state index in [0.717, 1.165) is 20.3 Å². The van der Waals surface area contributed by atoms with Gasteiger partial charge in [-0.15, -0.1) is 0 Å². The summed E-state index contributed by atoms with van der Waals surface area (Å²) in [7, 11) is 0. The highest BCUT2D eigenvalue weighted by atomic mass is 127. The quantitative estimate of drug-likeness (QED) is 0.344. The monoisotopic (exact) mass is 570 g/mol. The van der Waals surface area contributed by atoms with Gasteiger partial charge in [-0.2, -0.15) is 0 Å². The number of nitrogens with one attached hydrogen (secondary N) is 1. The molecule has 0 heterocycles. The molecular weight excluding hydrogens is 539 g/mol. The largest absolute Gasteiger partial charge is 0.484 e. The lowest BCUT2D eigenvalue weighted by Gasteiger charge is -2.32. The number of amides is 2. The molecule has 0 spiro atoms. The Hall–Kier alpha value is -2.87. The molecule has 0 fully saturated rings. The Morgan fingerprint density at radius 3 is 2.18 bits per heavy atom. The maximum absolute atomic E-state index is 13.5. The smallest absolute Gasteiger partial charge is 0.261 e. The lowest BCUT2D eigenvalue weighted by molar-refractivity contribution is -0.143. The number of nitrogens with zero attached hydrogens (tertiary/aromatic N) is 1. The fraction of sp³-hybridized carbons (Fsp3) is 0.286. The van der Waals surface area contributed by atoms with Crippen molar-refractivity contribution in [3.05, 3.63) is 99.1 Å². The normalized spacial score (nSPS) is 11.7. The molecule has 0 bridgehead atoms. The molecule has 3 rings (SSSR count). The Morgan fingerprint density at radius 2 is 1.56 bits per heavy atom. The molecule has 1 N–H and O–H groups in total. The number of hydrogen-bond acceptors (Lipinski definition) is 3. The zero-order valence-corrected chi connectivity index (χ0v) is 22.0. The highest BCUT2D eigenvalue weighted by Gasteiger charge is 2.31. The first-order valence-corrected chi connectivity index (χ1v) is 12.5. The van der Waals surface area contributed by atoms with Crippen LogP contribution in [0.1, 0.15) is 30.5 Å². The first kappa shape index (κ1) is 25.7. The van der Waals surface area contributed by atoms with Crippen molar-refractivity contribution in [1.82, 2.24) is 10.2 Å². The number of ether oxygens (including phenoxy) is 1. The number of aryl methyl sites for hydroxylation is 1. The molecule has 6 heteroatoms. The topological polar surface area (TPSA) is 58.6 Å². The Labute approximate surface area is 215 Å². The van der Waals surface area contributed by atoms with Crippen LogP contribution in [0.15, 0.2) is 78.9 Å². The zero-order valence-electron chi connectivity index (χ0n) is 19.8. The third-order valence-corrected chi connectivity index (χ3v) is 6.07. The van der Waals surface area contributed by atoms with E-state index >= 15 is 0 Å². The lowest BCUT2D eigenvalue weighted by Crippen LogP contribution is -2.52. The highest BCUT2D eigenvalue weighted by molar-refractivity contribution is 14.1. The van der Waals surface area contributed by atoms with Crippen LogP contribution in [0.3, 0.4) is 0 Å². The third kappa shape index (κ3) is 7.87. The number of carbonyl (C=O) groups excluding carboxylic acids is 2. The summed E-state index contributed by atoms with van der Waals surface area (Å²) in [5.41, 5.74) is 3.09. The van der Waals surface area contributed by atoms with Crippen molar-refractivity contribution in [2.24, 2.45) is 0 Å². The molecule has 1 unspecified atom stereocenters. The highest BCUT2D eigenvalue weighted by Crippen LogP contribution is 2.17. The average molecular weight is 570 g/mol. The van der Waals surface area contributed by atoms with Gasteiger partial charge in [0.2, 0.25) is 5.91 Å². The van der Waals surface area contributed by atoms with E-state index in [9.17, 15) is 9.59 Å². The minimum absolute atomic E-state index is 0.0369. The molecule has 178 valence electrons. The van der Waals surface area contributed by atoms with E-state index in [1.54, 1.807) is 4.90 Å². The van der Waals surface area contributed by atoms with Crippen LogP contribution >= 0.6 is 22.6 Å². The molecule has 3 aromatic carbocycles. The number of rotatable bonds is 10. The van der Waals surface area contributed by atoms with E-state index < -0.39 is 6.04 Å². The summed E-state index contributed by atoms with van der Waals surface area (Å²) in [5.74, 6) is 0.211. The number of halogens is 1. The fourth-order valence-electron chi connectivity index (χ4n) is 3.58. The summed E-state index contributed by atoms with van der Waals surface area (Å²) in [6, 6.07) is 24.6. The minimum atomic E-state index is -0.668. The van der Waals surface area contributed by atoms with Gasteiger partial charge in [-0.3, -0.25) is 9.59 Å². The van der Waals surface area contributed by atoms with Crippen LogP contribution in [0.2, 0.25) is 0 Å². The van der Waals surface area contributed by atoms with E-state index in [2.05, 4.69) is 27.9 Å². The number of hydrogen-bond donors (Lipinski definition) is 1. The van der Waals surface area contributed by atoms with Gasteiger partial charge >= 0.3 is 0 Å². The molecule has 0 saturated carbocycles.